The zero-order valence-electron chi connectivity index (χ0n) is 13.2. The molecule has 0 atom stereocenters. The lowest BCUT2D eigenvalue weighted by Gasteiger charge is -2.16. The second-order valence-corrected chi connectivity index (χ2v) is 9.50. The van der Waals surface area contributed by atoms with Crippen LogP contribution < -0.4 is 10.6 Å². The van der Waals surface area contributed by atoms with Crippen molar-refractivity contribution in [1.82, 2.24) is 0 Å². The first-order chi connectivity index (χ1) is 10.8. The van der Waals surface area contributed by atoms with E-state index in [2.05, 4.69) is 67.0 Å². The van der Waals surface area contributed by atoms with Gasteiger partial charge in [-0.1, -0.05) is 110 Å². The Morgan fingerprint density at radius 2 is 1.36 bits per heavy atom. The Bertz CT molecular complexity index is 622. The summed E-state index contributed by atoms with van der Waals surface area (Å²) >= 11 is 6.07. The summed E-state index contributed by atoms with van der Waals surface area (Å²) in [6.45, 7) is 2.23. The molecule has 0 fully saturated rings. The van der Waals surface area contributed by atoms with Crippen LogP contribution in [0.3, 0.4) is 0 Å². The highest BCUT2D eigenvalue weighted by Gasteiger charge is 2.19. The zero-order valence-corrected chi connectivity index (χ0v) is 14.9. The first kappa shape index (κ1) is 17.0. The van der Waals surface area contributed by atoms with E-state index in [1.54, 1.807) is 0 Å². The minimum atomic E-state index is -2.01. The fraction of sp³-hybridized carbons (Fsp3) is 0.300. The van der Waals surface area contributed by atoms with Crippen LogP contribution in [0.15, 0.2) is 60.7 Å². The van der Waals surface area contributed by atoms with E-state index in [-0.39, 0.29) is 0 Å². The third kappa shape index (κ3) is 4.57. The van der Waals surface area contributed by atoms with Crippen LogP contribution in [0.2, 0.25) is 0 Å². The van der Waals surface area contributed by atoms with E-state index in [1.807, 2.05) is 12.1 Å². The molecule has 0 aliphatic rings. The van der Waals surface area contributed by atoms with Gasteiger partial charge in [0.05, 0.1) is 6.04 Å². The van der Waals surface area contributed by atoms with Gasteiger partial charge in [0.25, 0.3) is 0 Å². The molecule has 0 radical (unpaired) electrons. The molecule has 0 nitrogen and oxygen atoms in total. The minimum Gasteiger partial charge on any atom is -0.0972 e. The molecule has 0 spiro atoms. The lowest BCUT2D eigenvalue weighted by molar-refractivity contribution is 0.680. The summed E-state index contributed by atoms with van der Waals surface area (Å²) in [6.07, 6.45) is 5.97. The summed E-state index contributed by atoms with van der Waals surface area (Å²) < 4.78 is 0. The monoisotopic (exact) mass is 326 g/mol. The predicted molar refractivity (Wildman–Crippen MR) is 103 cm³/mol. The molecular weight excluding hydrogens is 303 g/mol. The molecule has 2 rings (SSSR count). The second-order valence-electron chi connectivity index (χ2n) is 5.38. The fourth-order valence-electron chi connectivity index (χ4n) is 2.36. The summed E-state index contributed by atoms with van der Waals surface area (Å²) in [5, 5.41) is 2.38. The van der Waals surface area contributed by atoms with Crippen molar-refractivity contribution in [2.75, 3.05) is 0 Å². The van der Waals surface area contributed by atoms with E-state index in [9.17, 15) is 0 Å². The molecule has 0 aromatic heterocycles. The number of unbranched alkanes of at least 4 members (excludes halogenated alkanes) is 4. The highest BCUT2D eigenvalue weighted by molar-refractivity contribution is 8.24. The lowest BCUT2D eigenvalue weighted by atomic mass is 10.2. The molecule has 0 amide bonds. The maximum Gasteiger partial charge on any atom is 0.0778 e. The van der Waals surface area contributed by atoms with Crippen LogP contribution in [0.1, 0.15) is 39.0 Å². The van der Waals surface area contributed by atoms with Crippen LogP contribution in [0.5, 0.6) is 0 Å². The van der Waals surface area contributed by atoms with Gasteiger partial charge in [-0.2, -0.15) is 0 Å². The molecule has 0 heterocycles. The Morgan fingerprint density at radius 3 is 1.86 bits per heavy atom. The maximum atomic E-state index is 6.07. The van der Waals surface area contributed by atoms with Gasteiger partial charge in [0, 0.05) is 17.0 Å². The Kier molecular flexibility index (Phi) is 6.91. The molecule has 0 bridgehead atoms. The van der Waals surface area contributed by atoms with Gasteiger partial charge < -0.3 is 0 Å². The Balaban J connectivity index is 2.24. The second kappa shape index (κ2) is 8.94. The molecular formula is C20H23PS. The first-order valence-corrected chi connectivity index (χ1v) is 10.8. The van der Waals surface area contributed by atoms with Gasteiger partial charge in [0.15, 0.2) is 0 Å². The van der Waals surface area contributed by atoms with Crippen molar-refractivity contribution in [3.8, 4) is 11.6 Å². The summed E-state index contributed by atoms with van der Waals surface area (Å²) in [5.41, 5.74) is 3.48. The van der Waals surface area contributed by atoms with E-state index in [4.69, 9.17) is 11.8 Å². The number of benzene rings is 2. The zero-order chi connectivity index (χ0) is 15.7. The van der Waals surface area contributed by atoms with Crippen LogP contribution >= 0.6 is 6.04 Å². The van der Waals surface area contributed by atoms with Gasteiger partial charge in [0.1, 0.15) is 0 Å². The lowest BCUT2D eigenvalue weighted by Crippen LogP contribution is -2.13. The summed E-state index contributed by atoms with van der Waals surface area (Å²) in [6, 6.07) is 18.8. The highest BCUT2D eigenvalue weighted by atomic mass is 32.4. The molecule has 0 aliphatic heterocycles. The van der Waals surface area contributed by atoms with Crippen LogP contribution in [0.25, 0.3) is 0 Å². The Hall–Kier alpha value is -1.35. The van der Waals surface area contributed by atoms with Gasteiger partial charge in [-0.05, 0) is 6.42 Å². The molecule has 0 aliphatic carbocycles. The van der Waals surface area contributed by atoms with Crippen molar-refractivity contribution in [1.29, 1.82) is 0 Å². The third-order valence-corrected chi connectivity index (χ3v) is 7.69. The van der Waals surface area contributed by atoms with Crippen molar-refractivity contribution < 1.29 is 0 Å². The molecule has 0 unspecified atom stereocenters. The van der Waals surface area contributed by atoms with E-state index >= 15 is 0 Å². The minimum absolute atomic E-state index is 0.956. The molecule has 0 saturated heterocycles. The van der Waals surface area contributed by atoms with Crippen molar-refractivity contribution in [3.05, 3.63) is 60.7 Å². The Morgan fingerprint density at radius 1 is 0.818 bits per heavy atom. The van der Waals surface area contributed by atoms with Crippen molar-refractivity contribution >= 4 is 28.5 Å². The molecule has 22 heavy (non-hydrogen) atoms. The van der Waals surface area contributed by atoms with E-state index in [0.717, 1.165) is 6.42 Å². The highest BCUT2D eigenvalue weighted by Crippen LogP contribution is 2.42. The first-order valence-electron chi connectivity index (χ1n) is 7.99. The van der Waals surface area contributed by atoms with Crippen LogP contribution in [0, 0.1) is 11.6 Å². The number of hydrogen-bond donors (Lipinski definition) is 0. The van der Waals surface area contributed by atoms with Gasteiger partial charge >= 0.3 is 0 Å². The van der Waals surface area contributed by atoms with E-state index < -0.39 is 6.04 Å². The summed E-state index contributed by atoms with van der Waals surface area (Å²) in [5.74, 6) is 3.38. The molecule has 2 aromatic carbocycles. The van der Waals surface area contributed by atoms with Crippen molar-refractivity contribution in [3.63, 3.8) is 0 Å². The number of hydrogen-bond acceptors (Lipinski definition) is 1. The van der Waals surface area contributed by atoms with Crippen LogP contribution in [-0.4, -0.2) is 0 Å². The predicted octanol–water partition coefficient (Wildman–Crippen LogP) is 5.05. The van der Waals surface area contributed by atoms with E-state index in [1.165, 1.54) is 36.3 Å². The van der Waals surface area contributed by atoms with Crippen molar-refractivity contribution in [2.45, 2.75) is 39.0 Å². The fourth-order valence-corrected chi connectivity index (χ4v) is 5.36. The summed E-state index contributed by atoms with van der Waals surface area (Å²) in [4.78, 5) is 0. The smallest absolute Gasteiger partial charge is 0.0778 e. The molecule has 114 valence electrons. The van der Waals surface area contributed by atoms with Crippen molar-refractivity contribution in [2.24, 2.45) is 0 Å². The largest absolute Gasteiger partial charge is 0.0972 e. The summed E-state index contributed by atoms with van der Waals surface area (Å²) in [7, 11) is 0. The third-order valence-electron chi connectivity index (χ3n) is 3.63. The van der Waals surface area contributed by atoms with Crippen LogP contribution in [-0.2, 0) is 11.8 Å². The maximum absolute atomic E-state index is 6.07. The standard InChI is InChI=1S/C20H23PS/c1-2-3-4-5-6-13-18-21(22,19-14-9-7-10-15-19)20-16-11-8-12-17-20/h7-12,14-17H,2-6H2,1H3. The normalized spacial score (nSPS) is 10.8. The van der Waals surface area contributed by atoms with Gasteiger partial charge in [0.2, 0.25) is 0 Å². The Labute approximate surface area is 140 Å². The van der Waals surface area contributed by atoms with Gasteiger partial charge in [-0.3, -0.25) is 0 Å². The topological polar surface area (TPSA) is 0 Å². The molecule has 2 aromatic rings. The van der Waals surface area contributed by atoms with Crippen LogP contribution in [0.4, 0.5) is 0 Å². The van der Waals surface area contributed by atoms with E-state index in [0.29, 0.717) is 0 Å². The van der Waals surface area contributed by atoms with Gasteiger partial charge in [-0.25, -0.2) is 0 Å². The SMILES string of the molecule is CCCCCCC#CP(=S)(c1ccccc1)c1ccccc1. The average molecular weight is 326 g/mol. The molecule has 2 heteroatoms. The quantitative estimate of drug-likeness (QED) is 0.407. The average Bonchev–Trinajstić information content (AvgIpc) is 2.59. The number of rotatable bonds is 6. The van der Waals surface area contributed by atoms with Gasteiger partial charge in [-0.15, -0.1) is 0 Å². The molecule has 0 saturated carbocycles. The molecule has 0 N–H and O–H groups in total.